The number of ether oxygens (including phenoxy) is 1. The highest BCUT2D eigenvalue weighted by Crippen LogP contribution is 2.36. The molecule has 2 fully saturated rings. The maximum absolute atomic E-state index is 11.7. The van der Waals surface area contributed by atoms with Gasteiger partial charge >= 0.3 is 0 Å². The number of aliphatic hydroxyl groups is 1. The van der Waals surface area contributed by atoms with Crippen molar-refractivity contribution in [3.8, 4) is 17.1 Å². The van der Waals surface area contributed by atoms with Crippen molar-refractivity contribution in [1.82, 2.24) is 29.4 Å². The quantitative estimate of drug-likeness (QED) is 0.346. The molecule has 1 aliphatic heterocycles. The van der Waals surface area contributed by atoms with Gasteiger partial charge in [-0.3, -0.25) is 14.4 Å². The van der Waals surface area contributed by atoms with E-state index in [1.807, 2.05) is 6.20 Å². The van der Waals surface area contributed by atoms with Crippen molar-refractivity contribution in [3.05, 3.63) is 64.6 Å². The summed E-state index contributed by atoms with van der Waals surface area (Å²) in [5.74, 6) is 1.34. The smallest absolute Gasteiger partial charge is 0.266 e. The Bertz CT molecular complexity index is 1520. The molecule has 6 rings (SSSR count). The van der Waals surface area contributed by atoms with Crippen LogP contribution in [0.25, 0.3) is 22.2 Å². The highest BCUT2D eigenvalue weighted by atomic mass is 16.5. The van der Waals surface area contributed by atoms with Crippen molar-refractivity contribution in [2.24, 2.45) is 7.05 Å². The van der Waals surface area contributed by atoms with Crippen molar-refractivity contribution >= 4 is 16.7 Å². The number of anilines is 1. The Kier molecular flexibility index (Phi) is 7.53. The van der Waals surface area contributed by atoms with Gasteiger partial charge in [0.25, 0.3) is 5.56 Å². The second-order valence-corrected chi connectivity index (χ2v) is 11.0. The third-order valence-electron chi connectivity index (χ3n) is 8.04. The van der Waals surface area contributed by atoms with Crippen molar-refractivity contribution in [1.29, 1.82) is 0 Å². The lowest BCUT2D eigenvalue weighted by atomic mass is 9.93. The minimum absolute atomic E-state index is 0.0609. The number of hydrogen-bond donors (Lipinski definition) is 2. The van der Waals surface area contributed by atoms with Crippen molar-refractivity contribution in [3.63, 3.8) is 0 Å². The molecule has 3 aromatic heterocycles. The average molecular weight is 544 g/mol. The number of fused-ring (bicyclic) bond motifs is 1. The third-order valence-corrected chi connectivity index (χ3v) is 8.04. The Morgan fingerprint density at radius 1 is 1.05 bits per heavy atom. The van der Waals surface area contributed by atoms with Crippen LogP contribution in [0.1, 0.15) is 50.6 Å². The molecule has 1 aromatic carbocycles. The third kappa shape index (κ3) is 5.59. The molecule has 2 aliphatic rings. The monoisotopic (exact) mass is 543 g/mol. The molecule has 10 nitrogen and oxygen atoms in total. The number of likely N-dealkylation sites (tertiary alicyclic amines) is 1. The number of aliphatic hydroxyl groups excluding tert-OH is 1. The molecule has 210 valence electrons. The second-order valence-electron chi connectivity index (χ2n) is 11.0. The largest absolute Gasteiger partial charge is 0.473 e. The summed E-state index contributed by atoms with van der Waals surface area (Å²) in [5, 5.41) is 23.6. The van der Waals surface area contributed by atoms with Crippen LogP contribution >= 0.6 is 0 Å². The summed E-state index contributed by atoms with van der Waals surface area (Å²) in [6.45, 7) is 5.40. The van der Waals surface area contributed by atoms with E-state index >= 15 is 0 Å². The van der Waals surface area contributed by atoms with Crippen LogP contribution < -0.4 is 15.6 Å². The maximum atomic E-state index is 11.7. The van der Waals surface area contributed by atoms with E-state index in [1.165, 1.54) is 16.3 Å². The van der Waals surface area contributed by atoms with Gasteiger partial charge in [-0.2, -0.15) is 5.10 Å². The first kappa shape index (κ1) is 26.5. The number of aryl methyl sites for hydroxylation is 1. The minimum atomic E-state index is -0.207. The molecular formula is C30H37N7O3. The number of rotatable bonds is 8. The standard InChI is InChI=1S/C30H37N7O3/c1-3-31-27-16-26-25(17-32-27)30(21-6-4-20(5-7-21)18-36-15-14-23(38)19-36)34-37(26)22-8-10-24(11-9-22)40-28-12-13-29(39)35(2)33-28/h4-7,12-13,16-17,22-24,38H,3,8-11,14-15,18-19H2,1-2H3,(H,31,32)/t22?,23-,24?/m1/s1. The van der Waals surface area contributed by atoms with E-state index in [1.54, 1.807) is 13.1 Å². The Labute approximate surface area is 233 Å². The van der Waals surface area contributed by atoms with E-state index in [9.17, 15) is 9.90 Å². The second kappa shape index (κ2) is 11.4. The van der Waals surface area contributed by atoms with Gasteiger partial charge in [0.15, 0.2) is 0 Å². The first-order valence-electron chi connectivity index (χ1n) is 14.3. The van der Waals surface area contributed by atoms with Crippen LogP contribution in [0.3, 0.4) is 0 Å². The van der Waals surface area contributed by atoms with Gasteiger partial charge < -0.3 is 15.2 Å². The van der Waals surface area contributed by atoms with Crippen LogP contribution in [0.15, 0.2) is 53.5 Å². The van der Waals surface area contributed by atoms with Crippen LogP contribution in [0.5, 0.6) is 5.88 Å². The van der Waals surface area contributed by atoms with E-state index in [4.69, 9.17) is 9.84 Å². The zero-order valence-corrected chi connectivity index (χ0v) is 23.2. The van der Waals surface area contributed by atoms with Crippen LogP contribution in [0.4, 0.5) is 5.82 Å². The summed E-state index contributed by atoms with van der Waals surface area (Å²) in [4.78, 5) is 18.6. The first-order chi connectivity index (χ1) is 19.5. The molecule has 40 heavy (non-hydrogen) atoms. The molecule has 1 saturated carbocycles. The number of benzene rings is 1. The molecule has 1 aliphatic carbocycles. The fourth-order valence-electron chi connectivity index (χ4n) is 5.91. The van der Waals surface area contributed by atoms with Crippen molar-refractivity contribution in [2.75, 3.05) is 25.0 Å². The van der Waals surface area contributed by atoms with Crippen LogP contribution in [0.2, 0.25) is 0 Å². The molecule has 0 spiro atoms. The topological polar surface area (TPSA) is 110 Å². The Morgan fingerprint density at radius 2 is 1.85 bits per heavy atom. The summed E-state index contributed by atoms with van der Waals surface area (Å²) in [6, 6.07) is 14.1. The number of pyridine rings is 1. The Hall–Kier alpha value is -3.76. The van der Waals surface area contributed by atoms with Crippen LogP contribution in [0, 0.1) is 0 Å². The summed E-state index contributed by atoms with van der Waals surface area (Å²) >= 11 is 0. The number of aromatic nitrogens is 5. The van der Waals surface area contributed by atoms with Gasteiger partial charge in [0, 0.05) is 68.6 Å². The molecular weight excluding hydrogens is 506 g/mol. The molecule has 1 atom stereocenters. The molecule has 0 amide bonds. The molecule has 0 radical (unpaired) electrons. The maximum Gasteiger partial charge on any atom is 0.266 e. The highest BCUT2D eigenvalue weighted by molar-refractivity contribution is 5.94. The van der Waals surface area contributed by atoms with E-state index in [2.05, 4.69) is 62.2 Å². The van der Waals surface area contributed by atoms with Gasteiger partial charge in [0.05, 0.1) is 17.7 Å². The molecule has 0 bridgehead atoms. The predicted octanol–water partition coefficient (Wildman–Crippen LogP) is 3.75. The van der Waals surface area contributed by atoms with Gasteiger partial charge in [0.2, 0.25) is 5.88 Å². The summed E-state index contributed by atoms with van der Waals surface area (Å²) in [7, 11) is 1.63. The lowest BCUT2D eigenvalue weighted by Crippen LogP contribution is -2.27. The normalized spacial score (nSPS) is 21.6. The summed E-state index contributed by atoms with van der Waals surface area (Å²) in [6.07, 6.45) is 6.28. The summed E-state index contributed by atoms with van der Waals surface area (Å²) < 4.78 is 9.61. The van der Waals surface area contributed by atoms with Crippen LogP contribution in [-0.4, -0.2) is 66.4 Å². The molecule has 4 heterocycles. The highest BCUT2D eigenvalue weighted by Gasteiger charge is 2.27. The van der Waals surface area contributed by atoms with E-state index in [0.29, 0.717) is 5.88 Å². The molecule has 2 N–H and O–H groups in total. The lowest BCUT2D eigenvalue weighted by Gasteiger charge is -2.29. The fraction of sp³-hybridized carbons (Fsp3) is 0.467. The Morgan fingerprint density at radius 3 is 2.55 bits per heavy atom. The number of nitrogens with zero attached hydrogens (tertiary/aromatic N) is 6. The van der Waals surface area contributed by atoms with Crippen molar-refractivity contribution < 1.29 is 9.84 Å². The molecule has 1 saturated heterocycles. The van der Waals surface area contributed by atoms with E-state index in [0.717, 1.165) is 86.3 Å². The average Bonchev–Trinajstić information content (AvgIpc) is 3.55. The Balaban J connectivity index is 1.22. The van der Waals surface area contributed by atoms with E-state index < -0.39 is 0 Å². The number of hydrogen-bond acceptors (Lipinski definition) is 8. The van der Waals surface area contributed by atoms with Crippen molar-refractivity contribution in [2.45, 2.75) is 63.8 Å². The SMILES string of the molecule is CCNc1cc2c(cn1)c(-c1ccc(CN3CC[C@@H](O)C3)cc1)nn2C1CCC(Oc2ccc(=O)n(C)n2)CC1. The lowest BCUT2D eigenvalue weighted by molar-refractivity contribution is 0.123. The summed E-state index contributed by atoms with van der Waals surface area (Å²) in [5.41, 5.74) is 4.19. The van der Waals surface area contributed by atoms with Gasteiger partial charge in [-0.25, -0.2) is 9.67 Å². The zero-order chi connectivity index (χ0) is 27.6. The minimum Gasteiger partial charge on any atom is -0.473 e. The zero-order valence-electron chi connectivity index (χ0n) is 23.2. The van der Waals surface area contributed by atoms with Crippen LogP contribution in [-0.2, 0) is 13.6 Å². The van der Waals surface area contributed by atoms with Gasteiger partial charge in [0.1, 0.15) is 17.6 Å². The van der Waals surface area contributed by atoms with Gasteiger partial charge in [-0.15, -0.1) is 5.10 Å². The molecule has 10 heteroatoms. The predicted molar refractivity (Wildman–Crippen MR) is 154 cm³/mol. The molecule has 4 aromatic rings. The van der Waals surface area contributed by atoms with Gasteiger partial charge in [-0.05, 0) is 44.6 Å². The molecule has 0 unspecified atom stereocenters. The van der Waals surface area contributed by atoms with E-state index in [-0.39, 0.29) is 23.8 Å². The number of nitrogens with one attached hydrogen (secondary N) is 1. The first-order valence-corrected chi connectivity index (χ1v) is 14.3. The number of β-amino-alcohol motifs (C(OH)–C–C–N with tert-alkyl or cyclic N) is 1. The van der Waals surface area contributed by atoms with Gasteiger partial charge in [-0.1, -0.05) is 24.3 Å². The fourth-order valence-corrected chi connectivity index (χ4v) is 5.91.